The van der Waals surface area contributed by atoms with Crippen molar-refractivity contribution in [2.75, 3.05) is 26.2 Å². The lowest BCUT2D eigenvalue weighted by Gasteiger charge is -2.33. The summed E-state index contributed by atoms with van der Waals surface area (Å²) in [5.41, 5.74) is 0.569. The number of rotatable bonds is 4. The Bertz CT molecular complexity index is 914. The largest absolute Gasteiger partial charge is 0.361 e. The molecule has 1 aromatic heterocycles. The minimum Gasteiger partial charge on any atom is -0.361 e. The number of piperazine rings is 1. The summed E-state index contributed by atoms with van der Waals surface area (Å²) in [4.78, 5) is 14.0. The molecule has 1 saturated heterocycles. The molecule has 138 valence electrons. The molecule has 1 fully saturated rings. The molecule has 0 N–H and O–H groups in total. The van der Waals surface area contributed by atoms with Gasteiger partial charge in [-0.1, -0.05) is 16.8 Å². The van der Waals surface area contributed by atoms with Crippen LogP contribution >= 0.6 is 11.6 Å². The molecule has 0 aliphatic carbocycles. The molecule has 2 aromatic rings. The summed E-state index contributed by atoms with van der Waals surface area (Å²) in [7, 11) is -3.58. The molecule has 0 spiro atoms. The quantitative estimate of drug-likeness (QED) is 0.741. The predicted molar refractivity (Wildman–Crippen MR) is 97.1 cm³/mol. The Labute approximate surface area is 156 Å². The number of halogens is 1. The lowest BCUT2D eigenvalue weighted by molar-refractivity contribution is -0.127. The van der Waals surface area contributed by atoms with E-state index in [-0.39, 0.29) is 23.9 Å². The number of sulfonamides is 1. The van der Waals surface area contributed by atoms with E-state index in [1.807, 2.05) is 0 Å². The maximum atomic E-state index is 12.6. The van der Waals surface area contributed by atoms with Crippen LogP contribution in [0.4, 0.5) is 0 Å². The Morgan fingerprint density at radius 1 is 1.19 bits per heavy atom. The molecule has 9 heteroatoms. The van der Waals surface area contributed by atoms with Crippen molar-refractivity contribution in [1.82, 2.24) is 14.4 Å². The molecule has 0 atom stereocenters. The van der Waals surface area contributed by atoms with E-state index in [2.05, 4.69) is 5.16 Å². The molecule has 1 aliphatic heterocycles. The third kappa shape index (κ3) is 4.14. The topological polar surface area (TPSA) is 83.7 Å². The third-order valence-electron chi connectivity index (χ3n) is 4.04. The van der Waals surface area contributed by atoms with Gasteiger partial charge in [-0.15, -0.1) is 0 Å². The van der Waals surface area contributed by atoms with E-state index in [1.54, 1.807) is 36.1 Å². The summed E-state index contributed by atoms with van der Waals surface area (Å²) < 4.78 is 31.6. The fourth-order valence-electron chi connectivity index (χ4n) is 2.63. The van der Waals surface area contributed by atoms with Crippen molar-refractivity contribution in [3.63, 3.8) is 0 Å². The molecule has 26 heavy (non-hydrogen) atoms. The molecular formula is C17H18ClN3O4S. The molecular weight excluding hydrogens is 378 g/mol. The average Bonchev–Trinajstić information content (AvgIpc) is 3.05. The van der Waals surface area contributed by atoms with Crippen LogP contribution in [0.25, 0.3) is 6.08 Å². The first-order valence-electron chi connectivity index (χ1n) is 8.02. The van der Waals surface area contributed by atoms with Crippen molar-refractivity contribution < 1.29 is 17.7 Å². The minimum atomic E-state index is -3.58. The summed E-state index contributed by atoms with van der Waals surface area (Å²) in [5, 5.41) is 4.27. The van der Waals surface area contributed by atoms with E-state index in [0.717, 1.165) is 0 Å². The van der Waals surface area contributed by atoms with Crippen LogP contribution in [0.3, 0.4) is 0 Å². The van der Waals surface area contributed by atoms with Crippen molar-refractivity contribution in [2.45, 2.75) is 11.8 Å². The van der Waals surface area contributed by atoms with Crippen LogP contribution in [0.15, 0.2) is 45.8 Å². The minimum absolute atomic E-state index is 0.186. The maximum absolute atomic E-state index is 12.6. The summed E-state index contributed by atoms with van der Waals surface area (Å²) >= 11 is 5.81. The van der Waals surface area contributed by atoms with Gasteiger partial charge in [-0.3, -0.25) is 4.79 Å². The first kappa shape index (κ1) is 18.6. The summed E-state index contributed by atoms with van der Waals surface area (Å²) in [6.07, 6.45) is 3.00. The molecule has 0 bridgehead atoms. The van der Waals surface area contributed by atoms with E-state index >= 15 is 0 Å². The van der Waals surface area contributed by atoms with Crippen molar-refractivity contribution in [3.8, 4) is 0 Å². The highest BCUT2D eigenvalue weighted by molar-refractivity contribution is 7.89. The fourth-order valence-corrected chi connectivity index (χ4v) is 4.18. The fraction of sp³-hybridized carbons (Fsp3) is 0.294. The van der Waals surface area contributed by atoms with Crippen LogP contribution in [0.5, 0.6) is 0 Å². The first-order chi connectivity index (χ1) is 12.4. The highest BCUT2D eigenvalue weighted by Gasteiger charge is 2.29. The molecule has 1 aliphatic rings. The Balaban J connectivity index is 1.60. The highest BCUT2D eigenvalue weighted by Crippen LogP contribution is 2.20. The molecule has 1 aromatic carbocycles. The monoisotopic (exact) mass is 395 g/mol. The van der Waals surface area contributed by atoms with Gasteiger partial charge in [0.25, 0.3) is 0 Å². The van der Waals surface area contributed by atoms with E-state index < -0.39 is 10.0 Å². The standard InChI is InChI=1S/C17H18ClN3O4S/c1-13-12-15(19-25-13)4-7-17(22)20-8-10-21(11-9-20)26(23,24)16-5-2-14(18)3-6-16/h2-7,12H,8-11H2,1H3/b7-4+. The van der Waals surface area contributed by atoms with E-state index in [4.69, 9.17) is 16.1 Å². The second kappa shape index (κ2) is 7.61. The smallest absolute Gasteiger partial charge is 0.246 e. The Morgan fingerprint density at radius 3 is 2.42 bits per heavy atom. The highest BCUT2D eigenvalue weighted by atomic mass is 35.5. The van der Waals surface area contributed by atoms with Crippen LogP contribution in [-0.4, -0.2) is 54.9 Å². The number of aromatic nitrogens is 1. The molecule has 3 rings (SSSR count). The molecule has 7 nitrogen and oxygen atoms in total. The van der Waals surface area contributed by atoms with Gasteiger partial charge in [0, 0.05) is 43.3 Å². The van der Waals surface area contributed by atoms with Gasteiger partial charge in [-0.25, -0.2) is 8.42 Å². The molecule has 0 unspecified atom stereocenters. The number of amides is 1. The average molecular weight is 396 g/mol. The molecule has 1 amide bonds. The van der Waals surface area contributed by atoms with Gasteiger partial charge in [0.1, 0.15) is 11.5 Å². The van der Waals surface area contributed by atoms with Crippen molar-refractivity contribution in [2.24, 2.45) is 0 Å². The molecule has 0 radical (unpaired) electrons. The Kier molecular flexibility index (Phi) is 5.45. The Hall–Kier alpha value is -2.16. The number of benzene rings is 1. The normalized spacial score (nSPS) is 16.3. The van der Waals surface area contributed by atoms with Gasteiger partial charge in [-0.2, -0.15) is 4.31 Å². The van der Waals surface area contributed by atoms with Gasteiger partial charge in [0.2, 0.25) is 15.9 Å². The van der Waals surface area contributed by atoms with Crippen LogP contribution < -0.4 is 0 Å². The van der Waals surface area contributed by atoms with Crippen molar-refractivity contribution >= 4 is 33.6 Å². The zero-order chi connectivity index (χ0) is 18.7. The van der Waals surface area contributed by atoms with Crippen LogP contribution in [0.1, 0.15) is 11.5 Å². The molecule has 2 heterocycles. The van der Waals surface area contributed by atoms with E-state index in [9.17, 15) is 13.2 Å². The van der Waals surface area contributed by atoms with E-state index in [0.29, 0.717) is 29.6 Å². The zero-order valence-corrected chi connectivity index (χ0v) is 15.7. The second-order valence-corrected chi connectivity index (χ2v) is 8.25. The third-order valence-corrected chi connectivity index (χ3v) is 6.21. The number of hydrogen-bond acceptors (Lipinski definition) is 5. The first-order valence-corrected chi connectivity index (χ1v) is 9.84. The molecule has 0 saturated carbocycles. The number of carbonyl (C=O) groups is 1. The second-order valence-electron chi connectivity index (χ2n) is 5.88. The van der Waals surface area contributed by atoms with Gasteiger partial charge in [0.15, 0.2) is 0 Å². The SMILES string of the molecule is Cc1cc(/C=C/C(=O)N2CCN(S(=O)(=O)c3ccc(Cl)cc3)CC2)no1. The zero-order valence-electron chi connectivity index (χ0n) is 14.1. The van der Waals surface area contributed by atoms with Gasteiger partial charge < -0.3 is 9.42 Å². The summed E-state index contributed by atoms with van der Waals surface area (Å²) in [6, 6.07) is 7.78. The number of carbonyl (C=O) groups excluding carboxylic acids is 1. The van der Waals surface area contributed by atoms with Crippen LogP contribution in [0, 0.1) is 6.92 Å². The van der Waals surface area contributed by atoms with Gasteiger partial charge >= 0.3 is 0 Å². The Morgan fingerprint density at radius 2 is 1.85 bits per heavy atom. The number of aryl methyl sites for hydroxylation is 1. The van der Waals surface area contributed by atoms with Crippen LogP contribution in [-0.2, 0) is 14.8 Å². The van der Waals surface area contributed by atoms with Gasteiger partial charge in [-0.05, 0) is 37.3 Å². The van der Waals surface area contributed by atoms with Crippen molar-refractivity contribution in [3.05, 3.63) is 52.9 Å². The maximum Gasteiger partial charge on any atom is 0.246 e. The van der Waals surface area contributed by atoms with Crippen molar-refractivity contribution in [1.29, 1.82) is 0 Å². The summed E-state index contributed by atoms with van der Waals surface area (Å²) in [5.74, 6) is 0.479. The lowest BCUT2D eigenvalue weighted by Crippen LogP contribution is -2.50. The predicted octanol–water partition coefficient (Wildman–Crippen LogP) is 2.18. The number of hydrogen-bond donors (Lipinski definition) is 0. The summed E-state index contributed by atoms with van der Waals surface area (Å²) in [6.45, 7) is 2.91. The van der Waals surface area contributed by atoms with Gasteiger partial charge in [0.05, 0.1) is 4.90 Å². The van der Waals surface area contributed by atoms with E-state index in [1.165, 1.54) is 22.5 Å². The van der Waals surface area contributed by atoms with Crippen LogP contribution in [0.2, 0.25) is 5.02 Å². The number of nitrogens with zero attached hydrogens (tertiary/aromatic N) is 3. The lowest BCUT2D eigenvalue weighted by atomic mass is 10.3.